The van der Waals surface area contributed by atoms with E-state index in [2.05, 4.69) is 15.7 Å². The maximum atomic E-state index is 13.8. The molecule has 1 aliphatic rings. The van der Waals surface area contributed by atoms with Crippen LogP contribution in [0.5, 0.6) is 0 Å². The number of fused-ring (bicyclic) bond motifs is 1. The van der Waals surface area contributed by atoms with Crippen LogP contribution >= 0.6 is 34.8 Å². The third-order valence-corrected chi connectivity index (χ3v) is 5.67. The molecule has 0 aliphatic carbocycles. The Morgan fingerprint density at radius 1 is 1.06 bits per heavy atom. The van der Waals surface area contributed by atoms with E-state index in [4.69, 9.17) is 34.8 Å². The summed E-state index contributed by atoms with van der Waals surface area (Å²) in [4.78, 5) is 12.6. The van der Waals surface area contributed by atoms with Gasteiger partial charge in [0.1, 0.15) is 5.82 Å². The summed E-state index contributed by atoms with van der Waals surface area (Å²) in [6.45, 7) is 0. The highest BCUT2D eigenvalue weighted by atomic mass is 35.5. The average molecular weight is 490 g/mol. The summed E-state index contributed by atoms with van der Waals surface area (Å²) in [6, 6.07) is 9.76. The zero-order valence-corrected chi connectivity index (χ0v) is 17.8. The molecular weight excluding hydrogens is 476 g/mol. The largest absolute Gasteiger partial charge is 0.410 e. The summed E-state index contributed by atoms with van der Waals surface area (Å²) < 4.78 is 42.1. The number of anilines is 2. The number of carbonyl (C=O) groups excluding carboxylic acids is 1. The third kappa shape index (κ3) is 4.61. The minimum Gasteiger partial charge on any atom is -0.363 e. The van der Waals surface area contributed by atoms with Crippen LogP contribution in [0, 0.1) is 0 Å². The van der Waals surface area contributed by atoms with Crippen LogP contribution in [-0.4, -0.2) is 21.9 Å². The van der Waals surface area contributed by atoms with Crippen molar-refractivity contribution in [1.82, 2.24) is 9.78 Å². The molecule has 0 saturated carbocycles. The fourth-order valence-corrected chi connectivity index (χ4v) is 3.96. The Labute approximate surface area is 190 Å². The number of nitrogens with zero attached hydrogens (tertiary/aromatic N) is 2. The lowest BCUT2D eigenvalue weighted by Gasteiger charge is -2.33. The minimum absolute atomic E-state index is 0.0841. The summed E-state index contributed by atoms with van der Waals surface area (Å²) in [6.07, 6.45) is -4.84. The quantitative estimate of drug-likeness (QED) is 0.427. The topological polar surface area (TPSA) is 59.0 Å². The van der Waals surface area contributed by atoms with Gasteiger partial charge in [-0.25, -0.2) is 4.68 Å². The van der Waals surface area contributed by atoms with E-state index >= 15 is 0 Å². The predicted octanol–water partition coefficient (Wildman–Crippen LogP) is 6.76. The van der Waals surface area contributed by atoms with E-state index in [1.165, 1.54) is 24.3 Å². The second-order valence-electron chi connectivity index (χ2n) is 6.98. The maximum Gasteiger partial charge on any atom is 0.410 e. The number of benzene rings is 2. The van der Waals surface area contributed by atoms with Gasteiger partial charge in [0.05, 0.1) is 16.8 Å². The number of carbonyl (C=O) groups is 1. The van der Waals surface area contributed by atoms with Gasteiger partial charge >= 0.3 is 6.18 Å². The van der Waals surface area contributed by atoms with Gasteiger partial charge in [-0.15, -0.1) is 0 Å². The predicted molar refractivity (Wildman–Crippen MR) is 114 cm³/mol. The highest BCUT2D eigenvalue weighted by Crippen LogP contribution is 2.43. The van der Waals surface area contributed by atoms with Gasteiger partial charge in [-0.1, -0.05) is 46.9 Å². The molecule has 0 spiro atoms. The smallest absolute Gasteiger partial charge is 0.363 e. The normalized spacial score (nSPS) is 18.3. The summed E-state index contributed by atoms with van der Waals surface area (Å²) in [5.74, 6) is -0.613. The second-order valence-corrected chi connectivity index (χ2v) is 8.26. The third-order valence-electron chi connectivity index (χ3n) is 4.87. The Balaban J connectivity index is 1.64. The van der Waals surface area contributed by atoms with Crippen molar-refractivity contribution in [2.45, 2.75) is 24.7 Å². The van der Waals surface area contributed by atoms with Crippen molar-refractivity contribution in [2.75, 3.05) is 10.6 Å². The van der Waals surface area contributed by atoms with Crippen LogP contribution in [0.2, 0.25) is 15.1 Å². The molecule has 0 bridgehead atoms. The molecule has 0 saturated heterocycles. The minimum atomic E-state index is -4.55. The molecule has 1 aromatic heterocycles. The van der Waals surface area contributed by atoms with E-state index in [0.717, 1.165) is 4.68 Å². The molecule has 0 fully saturated rings. The van der Waals surface area contributed by atoms with E-state index in [0.29, 0.717) is 15.6 Å². The molecule has 0 unspecified atom stereocenters. The number of halogens is 6. The van der Waals surface area contributed by atoms with Gasteiger partial charge in [0, 0.05) is 22.5 Å². The van der Waals surface area contributed by atoms with Crippen LogP contribution in [0.25, 0.3) is 0 Å². The van der Waals surface area contributed by atoms with Gasteiger partial charge in [0.25, 0.3) is 5.91 Å². The van der Waals surface area contributed by atoms with Gasteiger partial charge in [-0.2, -0.15) is 18.3 Å². The van der Waals surface area contributed by atoms with Gasteiger partial charge in [-0.3, -0.25) is 4.79 Å². The molecule has 0 radical (unpaired) electrons. The van der Waals surface area contributed by atoms with E-state index in [9.17, 15) is 18.0 Å². The SMILES string of the molecule is O=C(Nc1ccc(Cl)cc1Cl)c1cc2n(n1)[C@@H](C(F)(F)F)C[C@@H](c1ccc(Cl)cc1)N2. The lowest BCUT2D eigenvalue weighted by molar-refractivity contribution is -0.173. The molecule has 2 aromatic carbocycles. The molecule has 162 valence electrons. The molecule has 11 heteroatoms. The monoisotopic (exact) mass is 488 g/mol. The number of rotatable bonds is 3. The summed E-state index contributed by atoms with van der Waals surface area (Å²) >= 11 is 17.8. The van der Waals surface area contributed by atoms with E-state index in [1.54, 1.807) is 24.3 Å². The van der Waals surface area contributed by atoms with Crippen LogP contribution in [0.4, 0.5) is 24.7 Å². The van der Waals surface area contributed by atoms with Crippen molar-refractivity contribution < 1.29 is 18.0 Å². The molecular formula is C20H14Cl3F3N4O. The van der Waals surface area contributed by atoms with Crippen LogP contribution in [-0.2, 0) is 0 Å². The Morgan fingerprint density at radius 3 is 2.39 bits per heavy atom. The maximum absolute atomic E-state index is 13.8. The first-order valence-corrected chi connectivity index (χ1v) is 10.2. The lowest BCUT2D eigenvalue weighted by Crippen LogP contribution is -2.35. The number of hydrogen-bond donors (Lipinski definition) is 2. The zero-order chi connectivity index (χ0) is 22.3. The van der Waals surface area contributed by atoms with E-state index < -0.39 is 24.2 Å². The van der Waals surface area contributed by atoms with Crippen LogP contribution in [0.1, 0.15) is 34.6 Å². The zero-order valence-electron chi connectivity index (χ0n) is 15.6. The summed E-state index contributed by atoms with van der Waals surface area (Å²) in [7, 11) is 0. The molecule has 3 aromatic rings. The highest BCUT2D eigenvalue weighted by molar-refractivity contribution is 6.36. The first kappa shape index (κ1) is 21.8. The Kier molecular flexibility index (Phi) is 5.81. The van der Waals surface area contributed by atoms with Crippen LogP contribution in [0.15, 0.2) is 48.5 Å². The van der Waals surface area contributed by atoms with Crippen molar-refractivity contribution in [3.8, 4) is 0 Å². The van der Waals surface area contributed by atoms with Crippen molar-refractivity contribution >= 4 is 52.2 Å². The van der Waals surface area contributed by atoms with E-state index in [1.807, 2.05) is 0 Å². The lowest BCUT2D eigenvalue weighted by atomic mass is 9.97. The van der Waals surface area contributed by atoms with Gasteiger partial charge in [0.2, 0.25) is 0 Å². The van der Waals surface area contributed by atoms with Gasteiger partial charge < -0.3 is 10.6 Å². The average Bonchev–Trinajstić information content (AvgIpc) is 3.13. The Morgan fingerprint density at radius 2 is 1.74 bits per heavy atom. The van der Waals surface area contributed by atoms with Crippen LogP contribution < -0.4 is 10.6 Å². The molecule has 31 heavy (non-hydrogen) atoms. The number of alkyl halides is 3. The number of nitrogens with one attached hydrogen (secondary N) is 2. The molecule has 2 heterocycles. The molecule has 4 rings (SSSR count). The highest BCUT2D eigenvalue weighted by Gasteiger charge is 2.46. The molecule has 2 atom stereocenters. The van der Waals surface area contributed by atoms with Crippen LogP contribution in [0.3, 0.4) is 0 Å². The number of amides is 1. The molecule has 1 amide bonds. The van der Waals surface area contributed by atoms with Crippen molar-refractivity contribution in [2.24, 2.45) is 0 Å². The summed E-state index contributed by atoms with van der Waals surface area (Å²) in [5, 5.41) is 10.5. The molecule has 5 nitrogen and oxygen atoms in total. The van der Waals surface area contributed by atoms with Gasteiger partial charge in [-0.05, 0) is 35.9 Å². The fraction of sp³-hybridized carbons (Fsp3) is 0.200. The first-order valence-electron chi connectivity index (χ1n) is 9.06. The first-order chi connectivity index (χ1) is 14.6. The molecule has 2 N–H and O–H groups in total. The second kappa shape index (κ2) is 8.26. The molecule has 1 aliphatic heterocycles. The standard InChI is InChI=1S/C20H14Cl3F3N4O/c21-11-3-1-10(2-4-11)15-8-17(20(24,25)26)30-18(27-15)9-16(29-30)19(31)28-14-6-5-12(22)7-13(14)23/h1-7,9,15,17,27H,8H2,(H,28,31)/t15-,17+/m0/s1. The Bertz CT molecular complexity index is 1130. The van der Waals surface area contributed by atoms with Crippen molar-refractivity contribution in [3.63, 3.8) is 0 Å². The summed E-state index contributed by atoms with van der Waals surface area (Å²) in [5.41, 5.74) is 0.728. The Hall–Kier alpha value is -2.42. The number of aromatic nitrogens is 2. The fourth-order valence-electron chi connectivity index (χ4n) is 3.38. The van der Waals surface area contributed by atoms with E-state index in [-0.39, 0.29) is 28.6 Å². The van der Waals surface area contributed by atoms with Crippen molar-refractivity contribution in [1.29, 1.82) is 0 Å². The number of hydrogen-bond acceptors (Lipinski definition) is 3. The van der Waals surface area contributed by atoms with Crippen molar-refractivity contribution in [3.05, 3.63) is 74.9 Å². The van der Waals surface area contributed by atoms with Gasteiger partial charge in [0.15, 0.2) is 11.7 Å².